The highest BCUT2D eigenvalue weighted by Crippen LogP contribution is 2.33. The molecule has 0 radical (unpaired) electrons. The zero-order chi connectivity index (χ0) is 18.8. The molecule has 136 valence electrons. The molecule has 4 rings (SSSR count). The van der Waals surface area contributed by atoms with E-state index in [0.717, 1.165) is 10.2 Å². The van der Waals surface area contributed by atoms with Crippen molar-refractivity contribution in [2.45, 2.75) is 0 Å². The van der Waals surface area contributed by atoms with Gasteiger partial charge in [-0.05, 0) is 29.8 Å². The Hall–Kier alpha value is -3.46. The molecule has 1 aliphatic rings. The predicted octanol–water partition coefficient (Wildman–Crippen LogP) is 2.41. The monoisotopic (exact) mass is 381 g/mol. The molecule has 9 heteroatoms. The SMILES string of the molecule is Nc1nc(Nc2ccc3c(c2)OCCO3)n(C(=O)c2ccc(C=S)cc2)n1. The lowest BCUT2D eigenvalue weighted by atomic mass is 10.1. The van der Waals surface area contributed by atoms with Crippen molar-refractivity contribution in [3.63, 3.8) is 0 Å². The Kier molecular flexibility index (Phi) is 4.43. The maximum atomic E-state index is 12.8. The van der Waals surface area contributed by atoms with Gasteiger partial charge in [-0.1, -0.05) is 24.4 Å². The van der Waals surface area contributed by atoms with Crippen molar-refractivity contribution in [2.75, 3.05) is 24.3 Å². The number of carbonyl (C=O) groups is 1. The summed E-state index contributed by atoms with van der Waals surface area (Å²) in [5.74, 6) is 1.11. The molecular formula is C18H15N5O3S. The zero-order valence-corrected chi connectivity index (χ0v) is 14.9. The van der Waals surface area contributed by atoms with Crippen LogP contribution in [0.4, 0.5) is 17.6 Å². The van der Waals surface area contributed by atoms with Crippen molar-refractivity contribution in [3.8, 4) is 11.5 Å². The number of nitrogens with two attached hydrogens (primary N) is 1. The smallest absolute Gasteiger partial charge is 0.281 e. The first kappa shape index (κ1) is 17.0. The van der Waals surface area contributed by atoms with E-state index >= 15 is 0 Å². The fourth-order valence-corrected chi connectivity index (χ4v) is 2.78. The van der Waals surface area contributed by atoms with E-state index in [9.17, 15) is 4.79 Å². The van der Waals surface area contributed by atoms with Crippen LogP contribution in [-0.4, -0.2) is 39.3 Å². The van der Waals surface area contributed by atoms with Gasteiger partial charge in [-0.15, -0.1) is 5.10 Å². The molecule has 27 heavy (non-hydrogen) atoms. The van der Waals surface area contributed by atoms with Crippen molar-refractivity contribution >= 4 is 41.1 Å². The number of benzene rings is 2. The number of rotatable bonds is 4. The van der Waals surface area contributed by atoms with Gasteiger partial charge in [0, 0.05) is 22.7 Å². The Labute approximate surface area is 159 Å². The molecule has 0 saturated heterocycles. The average Bonchev–Trinajstić information content (AvgIpc) is 3.07. The standard InChI is InChI=1S/C18H15N5O3S/c19-17-21-18(20-13-5-6-14-15(9-13)26-8-7-25-14)23(22-17)16(24)12-3-1-11(10-27)2-4-12/h1-6,9-10H,7-8H2,(H3,19,20,21,22). The Morgan fingerprint density at radius 2 is 1.89 bits per heavy atom. The number of nitrogens with zero attached hydrogens (tertiary/aromatic N) is 3. The Balaban J connectivity index is 1.62. The molecule has 2 aromatic carbocycles. The third-order valence-corrected chi connectivity index (χ3v) is 4.18. The molecule has 8 nitrogen and oxygen atoms in total. The molecule has 0 amide bonds. The molecule has 1 aliphatic heterocycles. The number of nitrogens with one attached hydrogen (secondary N) is 1. The minimum atomic E-state index is -0.366. The topological polar surface area (TPSA) is 104 Å². The lowest BCUT2D eigenvalue weighted by molar-refractivity contribution is 0.0948. The summed E-state index contributed by atoms with van der Waals surface area (Å²) in [6.45, 7) is 0.997. The van der Waals surface area contributed by atoms with Crippen molar-refractivity contribution in [1.82, 2.24) is 14.8 Å². The molecule has 0 spiro atoms. The van der Waals surface area contributed by atoms with Crippen LogP contribution in [0, 0.1) is 0 Å². The van der Waals surface area contributed by atoms with Gasteiger partial charge < -0.3 is 20.5 Å². The van der Waals surface area contributed by atoms with E-state index in [4.69, 9.17) is 27.4 Å². The predicted molar refractivity (Wildman–Crippen MR) is 104 cm³/mol. The van der Waals surface area contributed by atoms with Crippen LogP contribution in [-0.2, 0) is 0 Å². The van der Waals surface area contributed by atoms with Gasteiger partial charge in [-0.2, -0.15) is 9.67 Å². The van der Waals surface area contributed by atoms with Gasteiger partial charge in [-0.25, -0.2) is 0 Å². The third kappa shape index (κ3) is 3.44. The van der Waals surface area contributed by atoms with E-state index in [0.29, 0.717) is 36.0 Å². The molecular weight excluding hydrogens is 366 g/mol. The Bertz CT molecular complexity index is 1020. The first-order valence-corrected chi connectivity index (χ1v) is 8.60. The molecule has 3 aromatic rings. The van der Waals surface area contributed by atoms with E-state index in [1.165, 1.54) is 5.37 Å². The van der Waals surface area contributed by atoms with Gasteiger partial charge in [0.15, 0.2) is 11.5 Å². The second-order valence-corrected chi connectivity index (χ2v) is 5.97. The van der Waals surface area contributed by atoms with Crippen molar-refractivity contribution in [2.24, 2.45) is 0 Å². The van der Waals surface area contributed by atoms with E-state index in [1.807, 2.05) is 0 Å². The summed E-state index contributed by atoms with van der Waals surface area (Å²) in [5, 5.41) is 8.59. The lowest BCUT2D eigenvalue weighted by Gasteiger charge is -2.19. The minimum absolute atomic E-state index is 0.0149. The number of ether oxygens (including phenoxy) is 2. The van der Waals surface area contributed by atoms with Crippen LogP contribution in [0.15, 0.2) is 42.5 Å². The summed E-state index contributed by atoms with van der Waals surface area (Å²) in [5.41, 5.74) is 7.65. The molecule has 0 atom stereocenters. The van der Waals surface area contributed by atoms with Crippen molar-refractivity contribution in [1.29, 1.82) is 0 Å². The second kappa shape index (κ2) is 7.04. The number of aromatic nitrogens is 3. The van der Waals surface area contributed by atoms with Gasteiger partial charge in [0.05, 0.1) is 0 Å². The molecule has 3 N–H and O–H groups in total. The number of nitrogen functional groups attached to an aromatic ring is 1. The summed E-state index contributed by atoms with van der Waals surface area (Å²) in [6, 6.07) is 12.2. The number of fused-ring (bicyclic) bond motifs is 1. The van der Waals surface area contributed by atoms with E-state index in [2.05, 4.69) is 15.4 Å². The average molecular weight is 381 g/mol. The quantitative estimate of drug-likeness (QED) is 0.664. The fraction of sp³-hybridized carbons (Fsp3) is 0.111. The first-order valence-electron chi connectivity index (χ1n) is 8.13. The molecule has 0 unspecified atom stereocenters. The molecule has 0 saturated carbocycles. The zero-order valence-electron chi connectivity index (χ0n) is 14.1. The van der Waals surface area contributed by atoms with Crippen molar-refractivity contribution in [3.05, 3.63) is 53.6 Å². The number of anilines is 3. The van der Waals surface area contributed by atoms with Crippen LogP contribution in [0.2, 0.25) is 0 Å². The van der Waals surface area contributed by atoms with E-state index in [-0.39, 0.29) is 17.8 Å². The summed E-state index contributed by atoms with van der Waals surface area (Å²) < 4.78 is 12.2. The lowest BCUT2D eigenvalue weighted by Crippen LogP contribution is -2.17. The number of carbonyl (C=O) groups excluding carboxylic acids is 1. The van der Waals surface area contributed by atoms with Crippen LogP contribution >= 0.6 is 12.2 Å². The summed E-state index contributed by atoms with van der Waals surface area (Å²) in [7, 11) is 0. The highest BCUT2D eigenvalue weighted by molar-refractivity contribution is 7.79. The van der Waals surface area contributed by atoms with Crippen molar-refractivity contribution < 1.29 is 14.3 Å². The summed E-state index contributed by atoms with van der Waals surface area (Å²) >= 11 is 4.88. The number of hydrogen-bond donors (Lipinski definition) is 2. The number of hydrogen-bond acceptors (Lipinski definition) is 8. The largest absolute Gasteiger partial charge is 0.486 e. The van der Waals surface area contributed by atoms with Crippen LogP contribution in [0.3, 0.4) is 0 Å². The van der Waals surface area contributed by atoms with Crippen LogP contribution < -0.4 is 20.5 Å². The molecule has 0 aliphatic carbocycles. The van der Waals surface area contributed by atoms with Gasteiger partial charge in [0.1, 0.15) is 13.2 Å². The van der Waals surface area contributed by atoms with Gasteiger partial charge in [0.25, 0.3) is 5.91 Å². The molecule has 0 bridgehead atoms. The Morgan fingerprint density at radius 3 is 2.63 bits per heavy atom. The molecule has 2 heterocycles. The van der Waals surface area contributed by atoms with Crippen LogP contribution in [0.1, 0.15) is 15.9 Å². The fourth-order valence-electron chi connectivity index (χ4n) is 2.63. The Morgan fingerprint density at radius 1 is 1.15 bits per heavy atom. The van der Waals surface area contributed by atoms with Gasteiger partial charge in [-0.3, -0.25) is 4.79 Å². The van der Waals surface area contributed by atoms with E-state index in [1.54, 1.807) is 42.5 Å². The van der Waals surface area contributed by atoms with Gasteiger partial charge in [0.2, 0.25) is 11.9 Å². The maximum absolute atomic E-state index is 12.8. The van der Waals surface area contributed by atoms with E-state index < -0.39 is 0 Å². The highest BCUT2D eigenvalue weighted by Gasteiger charge is 2.18. The minimum Gasteiger partial charge on any atom is -0.486 e. The molecule has 0 fully saturated rings. The second-order valence-electron chi connectivity index (χ2n) is 5.73. The third-order valence-electron chi connectivity index (χ3n) is 3.91. The first-order chi connectivity index (χ1) is 13.1. The summed E-state index contributed by atoms with van der Waals surface area (Å²) in [6.07, 6.45) is 0. The molecule has 1 aromatic heterocycles. The maximum Gasteiger partial charge on any atom is 0.281 e. The highest BCUT2D eigenvalue weighted by atomic mass is 32.1. The van der Waals surface area contributed by atoms with Crippen LogP contribution in [0.25, 0.3) is 0 Å². The van der Waals surface area contributed by atoms with Crippen LogP contribution in [0.5, 0.6) is 11.5 Å². The summed E-state index contributed by atoms with van der Waals surface area (Å²) in [4.78, 5) is 16.9. The normalized spacial score (nSPS) is 12.4. The van der Waals surface area contributed by atoms with Gasteiger partial charge >= 0.3 is 0 Å². The number of thiocarbonyl (C=S) groups is 1.